The van der Waals surface area contributed by atoms with Crippen molar-refractivity contribution >= 4 is 23.2 Å². The van der Waals surface area contributed by atoms with Crippen LogP contribution in [0.4, 0.5) is 0 Å². The van der Waals surface area contributed by atoms with Crippen molar-refractivity contribution in [3.63, 3.8) is 0 Å². The molecule has 2 heteroatoms. The van der Waals surface area contributed by atoms with Crippen molar-refractivity contribution < 1.29 is 0 Å². The molecule has 0 rings (SSSR count). The molecule has 0 atom stereocenters. The Bertz CT molecular complexity index is 257. The van der Waals surface area contributed by atoms with Gasteiger partial charge in [-0.25, -0.2) is 0 Å². The highest BCUT2D eigenvalue weighted by Gasteiger charge is 2.03. The molecule has 0 bridgehead atoms. The summed E-state index contributed by atoms with van der Waals surface area (Å²) in [6, 6.07) is 0. The first-order valence-corrected chi connectivity index (χ1v) is 4.30. The lowest BCUT2D eigenvalue weighted by Gasteiger charge is -2.04. The molecule has 0 aliphatic carbocycles. The van der Waals surface area contributed by atoms with Crippen LogP contribution in [0.1, 0.15) is 13.8 Å². The number of allylic oxidation sites excluding steroid dienone is 6. The first-order valence-electron chi connectivity index (χ1n) is 3.54. The van der Waals surface area contributed by atoms with E-state index in [4.69, 9.17) is 23.2 Å². The molecule has 0 aromatic rings. The first kappa shape index (κ1) is 11.5. The maximum Gasteiger partial charge on any atom is 0.0435 e. The molecular formula is C10H12Cl2. The van der Waals surface area contributed by atoms with Gasteiger partial charge < -0.3 is 0 Å². The highest BCUT2D eigenvalue weighted by molar-refractivity contribution is 6.34. The summed E-state index contributed by atoms with van der Waals surface area (Å²) in [4.78, 5) is 0. The van der Waals surface area contributed by atoms with Crippen LogP contribution in [0.2, 0.25) is 0 Å². The number of hydrogen-bond acceptors (Lipinski definition) is 0. The van der Waals surface area contributed by atoms with Crippen molar-refractivity contribution in [3.05, 3.63) is 46.5 Å². The molecule has 0 radical (unpaired) electrons. The molecule has 0 heterocycles. The lowest BCUT2D eigenvalue weighted by molar-refractivity contribution is 1.40. The third-order valence-electron chi connectivity index (χ3n) is 1.53. The molecule has 0 aromatic heterocycles. The highest BCUT2D eigenvalue weighted by atomic mass is 35.5. The van der Waals surface area contributed by atoms with Gasteiger partial charge in [0.15, 0.2) is 0 Å². The smallest absolute Gasteiger partial charge is 0.0435 e. The SMILES string of the molecule is C=CC(Cl)=C(C)C(=C)C(Cl)=CC. The average Bonchev–Trinajstić information content (AvgIpc) is 2.12. The van der Waals surface area contributed by atoms with Crippen LogP contribution in [0.25, 0.3) is 0 Å². The molecule has 0 saturated carbocycles. The van der Waals surface area contributed by atoms with E-state index < -0.39 is 0 Å². The molecule has 0 spiro atoms. The molecule has 0 aromatic carbocycles. The minimum absolute atomic E-state index is 0.583. The fraction of sp³-hybridized carbons (Fsp3) is 0.200. The molecule has 0 N–H and O–H groups in total. The lowest BCUT2D eigenvalue weighted by atomic mass is 10.1. The second kappa shape index (κ2) is 5.23. The fourth-order valence-corrected chi connectivity index (χ4v) is 0.906. The molecule has 66 valence electrons. The minimum atomic E-state index is 0.583. The van der Waals surface area contributed by atoms with E-state index in [1.165, 1.54) is 0 Å². The Labute approximate surface area is 83.9 Å². The third-order valence-corrected chi connectivity index (χ3v) is 2.42. The van der Waals surface area contributed by atoms with Crippen LogP contribution in [0.5, 0.6) is 0 Å². The van der Waals surface area contributed by atoms with Crippen LogP contribution in [0.15, 0.2) is 46.5 Å². The standard InChI is InChI=1S/C10H12Cl2/c1-5-9(11)7(3)8(4)10(12)6-2/h5-6H,1,4H2,2-3H3. The van der Waals surface area contributed by atoms with Gasteiger partial charge in [-0.1, -0.05) is 48.5 Å². The summed E-state index contributed by atoms with van der Waals surface area (Å²) in [6.07, 6.45) is 3.35. The zero-order chi connectivity index (χ0) is 9.72. The minimum Gasteiger partial charge on any atom is -0.0976 e. The zero-order valence-corrected chi connectivity index (χ0v) is 8.84. The molecule has 0 nitrogen and oxygen atoms in total. The lowest BCUT2D eigenvalue weighted by Crippen LogP contribution is -1.85. The predicted molar refractivity (Wildman–Crippen MR) is 57.5 cm³/mol. The van der Waals surface area contributed by atoms with Gasteiger partial charge in [0.25, 0.3) is 0 Å². The van der Waals surface area contributed by atoms with Gasteiger partial charge in [-0.3, -0.25) is 0 Å². The van der Waals surface area contributed by atoms with Gasteiger partial charge in [0, 0.05) is 10.1 Å². The van der Waals surface area contributed by atoms with Gasteiger partial charge in [0.05, 0.1) is 0 Å². The average molecular weight is 203 g/mol. The topological polar surface area (TPSA) is 0 Å². The summed E-state index contributed by atoms with van der Waals surface area (Å²) in [5.41, 5.74) is 1.60. The summed E-state index contributed by atoms with van der Waals surface area (Å²) < 4.78 is 0. The molecule has 0 saturated heterocycles. The highest BCUT2D eigenvalue weighted by Crippen LogP contribution is 2.24. The van der Waals surface area contributed by atoms with Crippen LogP contribution < -0.4 is 0 Å². The van der Waals surface area contributed by atoms with Gasteiger partial charge in [-0.15, -0.1) is 0 Å². The largest absolute Gasteiger partial charge is 0.0976 e. The third kappa shape index (κ3) is 2.88. The van der Waals surface area contributed by atoms with Crippen molar-refractivity contribution in [1.82, 2.24) is 0 Å². The van der Waals surface area contributed by atoms with Crippen molar-refractivity contribution in [2.24, 2.45) is 0 Å². The number of rotatable bonds is 3. The van der Waals surface area contributed by atoms with Gasteiger partial charge in [-0.2, -0.15) is 0 Å². The van der Waals surface area contributed by atoms with E-state index in [1.54, 1.807) is 12.2 Å². The van der Waals surface area contributed by atoms with Crippen LogP contribution >= 0.6 is 23.2 Å². The summed E-state index contributed by atoms with van der Waals surface area (Å²) in [7, 11) is 0. The Morgan fingerprint density at radius 1 is 1.33 bits per heavy atom. The van der Waals surface area contributed by atoms with Crippen LogP contribution in [-0.4, -0.2) is 0 Å². The molecular weight excluding hydrogens is 191 g/mol. The second-order valence-electron chi connectivity index (χ2n) is 2.29. The normalized spacial score (nSPS) is 13.8. The Hall–Kier alpha value is -0.460. The molecule has 12 heavy (non-hydrogen) atoms. The molecule has 0 aliphatic rings. The first-order chi connectivity index (χ1) is 5.54. The van der Waals surface area contributed by atoms with Gasteiger partial charge in [0.1, 0.15) is 0 Å². The Morgan fingerprint density at radius 2 is 1.83 bits per heavy atom. The summed E-state index contributed by atoms with van der Waals surface area (Å²) in [5, 5.41) is 1.20. The van der Waals surface area contributed by atoms with Gasteiger partial charge in [-0.05, 0) is 25.0 Å². The van der Waals surface area contributed by atoms with E-state index in [1.807, 2.05) is 13.8 Å². The van der Waals surface area contributed by atoms with E-state index in [-0.39, 0.29) is 0 Å². The monoisotopic (exact) mass is 202 g/mol. The fourth-order valence-electron chi connectivity index (χ4n) is 0.651. The zero-order valence-electron chi connectivity index (χ0n) is 7.32. The van der Waals surface area contributed by atoms with E-state index >= 15 is 0 Å². The Balaban J connectivity index is 4.85. The van der Waals surface area contributed by atoms with E-state index in [0.29, 0.717) is 10.1 Å². The van der Waals surface area contributed by atoms with E-state index in [9.17, 15) is 0 Å². The van der Waals surface area contributed by atoms with Crippen molar-refractivity contribution in [3.8, 4) is 0 Å². The maximum absolute atomic E-state index is 5.85. The van der Waals surface area contributed by atoms with Crippen molar-refractivity contribution in [1.29, 1.82) is 0 Å². The van der Waals surface area contributed by atoms with Gasteiger partial charge in [0.2, 0.25) is 0 Å². The quantitative estimate of drug-likeness (QED) is 0.597. The van der Waals surface area contributed by atoms with Crippen LogP contribution in [-0.2, 0) is 0 Å². The molecule has 0 fully saturated rings. The Morgan fingerprint density at radius 3 is 2.17 bits per heavy atom. The molecule has 0 amide bonds. The van der Waals surface area contributed by atoms with E-state index in [0.717, 1.165) is 11.1 Å². The van der Waals surface area contributed by atoms with E-state index in [2.05, 4.69) is 13.2 Å². The summed E-state index contributed by atoms with van der Waals surface area (Å²) in [5.74, 6) is 0. The second-order valence-corrected chi connectivity index (χ2v) is 3.11. The van der Waals surface area contributed by atoms with Crippen molar-refractivity contribution in [2.75, 3.05) is 0 Å². The molecule has 0 unspecified atom stereocenters. The van der Waals surface area contributed by atoms with Crippen LogP contribution in [0, 0.1) is 0 Å². The summed E-state index contributed by atoms with van der Waals surface area (Å²) >= 11 is 11.7. The maximum atomic E-state index is 5.85. The van der Waals surface area contributed by atoms with Crippen molar-refractivity contribution in [2.45, 2.75) is 13.8 Å². The predicted octanol–water partition coefficient (Wildman–Crippen LogP) is 4.38. The number of halogens is 2. The molecule has 0 aliphatic heterocycles. The summed E-state index contributed by atoms with van der Waals surface area (Å²) in [6.45, 7) is 11.1. The Kier molecular flexibility index (Phi) is 5.03. The van der Waals surface area contributed by atoms with Gasteiger partial charge >= 0.3 is 0 Å². The number of hydrogen-bond donors (Lipinski definition) is 0. The van der Waals surface area contributed by atoms with Crippen LogP contribution in [0.3, 0.4) is 0 Å².